The molecule has 3 heteroatoms. The minimum Gasteiger partial charge on any atom is -0.184 e. The van der Waals surface area contributed by atoms with Crippen molar-refractivity contribution in [3.05, 3.63) is 69.3 Å². The third-order valence-corrected chi connectivity index (χ3v) is 4.05. The molecule has 0 fully saturated rings. The molecule has 0 atom stereocenters. The van der Waals surface area contributed by atoms with Crippen LogP contribution in [0, 0.1) is 52.5 Å². The van der Waals surface area contributed by atoms with Crippen LogP contribution < -0.4 is 0 Å². The number of hydrogen-bond donors (Lipinski definition) is 0. The molecule has 0 aliphatic rings. The molecule has 0 aromatic heterocycles. The summed E-state index contributed by atoms with van der Waals surface area (Å²) in [6, 6.07) is 10.8. The summed E-state index contributed by atoms with van der Waals surface area (Å²) in [5, 5.41) is 0. The van der Waals surface area contributed by atoms with Gasteiger partial charge in [0.1, 0.15) is 0 Å². The molecule has 0 aliphatic heterocycles. The minimum absolute atomic E-state index is 0. The van der Waals surface area contributed by atoms with Gasteiger partial charge in [-0.15, -0.1) is 0 Å². The summed E-state index contributed by atoms with van der Waals surface area (Å²) < 4.78 is 0. The van der Waals surface area contributed by atoms with E-state index in [1.807, 2.05) is 24.3 Å². The molecule has 0 saturated heterocycles. The van der Waals surface area contributed by atoms with Gasteiger partial charge >= 0.3 is 0 Å². The van der Waals surface area contributed by atoms with E-state index in [1.165, 1.54) is 33.4 Å². The zero-order valence-corrected chi connectivity index (χ0v) is 22.6. The third-order valence-electron chi connectivity index (χ3n) is 4.05. The van der Waals surface area contributed by atoms with Crippen molar-refractivity contribution in [2.24, 2.45) is 0 Å². The number of rotatable bonds is 0. The number of benzene rings is 2. The Bertz CT molecular complexity index is 648. The Hall–Kier alpha value is 1.31. The van der Waals surface area contributed by atoms with Gasteiger partial charge in [-0.25, -0.2) is 0 Å². The summed E-state index contributed by atoms with van der Waals surface area (Å²) in [5.41, 5.74) is 8.91. The topological polar surface area (TPSA) is 0 Å². The van der Waals surface area contributed by atoms with Gasteiger partial charge in [0.15, 0.2) is 0 Å². The SMILES string of the molecule is Cc1c(C)c(C)c(C#Cc2cc[c-]cc2)c(C)c1C.[Y].[Y].[Y]. The van der Waals surface area contributed by atoms with E-state index in [0.29, 0.717) is 0 Å². The summed E-state index contributed by atoms with van der Waals surface area (Å²) in [4.78, 5) is 0. The molecule has 0 saturated carbocycles. The van der Waals surface area contributed by atoms with Crippen LogP contribution in [0.25, 0.3) is 0 Å². The maximum atomic E-state index is 3.34. The normalized spacial score (nSPS) is 8.59. The molecule has 3 radical (unpaired) electrons. The first kappa shape index (κ1) is 25.6. The second-order valence-electron chi connectivity index (χ2n) is 5.04. The molecule has 2 aromatic rings. The molecular formula is C19H19Y3-. The molecule has 0 spiro atoms. The molecule has 0 heterocycles. The molecule has 2 rings (SSSR count). The Labute approximate surface area is 210 Å². The maximum Gasteiger partial charge on any atom is 0.0312 e. The third kappa shape index (κ3) is 5.99. The van der Waals surface area contributed by atoms with Crippen molar-refractivity contribution in [3.8, 4) is 11.8 Å². The summed E-state index contributed by atoms with van der Waals surface area (Å²) in [5.74, 6) is 6.59. The maximum absolute atomic E-state index is 3.34. The van der Waals surface area contributed by atoms with Gasteiger partial charge < -0.3 is 0 Å². The molecule has 0 aliphatic carbocycles. The van der Waals surface area contributed by atoms with Crippen LogP contribution in [0.5, 0.6) is 0 Å². The predicted octanol–water partition coefficient (Wildman–Crippen LogP) is 4.42. The Morgan fingerprint density at radius 3 is 1.50 bits per heavy atom. The standard InChI is InChI=1S/C19H19.3Y/c1-13-14(2)16(4)19(17(5)15(13)3)12-11-18-9-7-6-8-10-18;;;/h7-10H,1-5H3;;;/q-1;;;. The van der Waals surface area contributed by atoms with Crippen LogP contribution in [0.1, 0.15) is 38.9 Å². The Balaban J connectivity index is 0. The summed E-state index contributed by atoms with van der Waals surface area (Å²) in [6.07, 6.45) is 0. The Morgan fingerprint density at radius 2 is 1.05 bits per heavy atom. The van der Waals surface area contributed by atoms with E-state index in [4.69, 9.17) is 0 Å². The fourth-order valence-electron chi connectivity index (χ4n) is 2.29. The molecule has 0 bridgehead atoms. The van der Waals surface area contributed by atoms with Crippen molar-refractivity contribution in [1.29, 1.82) is 0 Å². The monoisotopic (exact) mass is 514 g/mol. The van der Waals surface area contributed by atoms with Crippen LogP contribution in [0.15, 0.2) is 24.3 Å². The summed E-state index contributed by atoms with van der Waals surface area (Å²) in [7, 11) is 0. The van der Waals surface area contributed by atoms with Gasteiger partial charge in [0.05, 0.1) is 0 Å². The molecule has 2 aromatic carbocycles. The average Bonchev–Trinajstić information content (AvgIpc) is 2.44. The van der Waals surface area contributed by atoms with Crippen molar-refractivity contribution < 1.29 is 98.1 Å². The van der Waals surface area contributed by atoms with E-state index in [-0.39, 0.29) is 98.1 Å². The number of hydrogen-bond acceptors (Lipinski definition) is 0. The Kier molecular flexibility index (Phi) is 13.7. The molecule has 0 amide bonds. The van der Waals surface area contributed by atoms with E-state index >= 15 is 0 Å². The molecule has 0 nitrogen and oxygen atoms in total. The molecule has 0 unspecified atom stereocenters. The molecule has 22 heavy (non-hydrogen) atoms. The largest absolute Gasteiger partial charge is 0.184 e. The fraction of sp³-hybridized carbons (Fsp3) is 0.263. The summed E-state index contributed by atoms with van der Waals surface area (Å²) >= 11 is 0. The van der Waals surface area contributed by atoms with E-state index in [1.54, 1.807) is 0 Å². The quantitative estimate of drug-likeness (QED) is 0.361. The first-order valence-electron chi connectivity index (χ1n) is 6.57. The van der Waals surface area contributed by atoms with Crippen LogP contribution in [-0.2, 0) is 98.1 Å². The van der Waals surface area contributed by atoms with Crippen LogP contribution >= 0.6 is 0 Å². The van der Waals surface area contributed by atoms with E-state index < -0.39 is 0 Å². The van der Waals surface area contributed by atoms with Gasteiger partial charge in [-0.1, -0.05) is 17.4 Å². The van der Waals surface area contributed by atoms with Crippen molar-refractivity contribution in [2.75, 3.05) is 0 Å². The molecular weight excluding hydrogens is 495 g/mol. The first-order valence-corrected chi connectivity index (χ1v) is 6.57. The molecule has 0 N–H and O–H groups in total. The van der Waals surface area contributed by atoms with Crippen LogP contribution in [0.2, 0.25) is 0 Å². The van der Waals surface area contributed by atoms with Crippen molar-refractivity contribution >= 4 is 0 Å². The zero-order valence-electron chi connectivity index (χ0n) is 14.0. The van der Waals surface area contributed by atoms with E-state index in [2.05, 4.69) is 52.5 Å². The first-order chi connectivity index (χ1) is 9.02. The van der Waals surface area contributed by atoms with Gasteiger partial charge in [-0.2, -0.15) is 30.3 Å². The van der Waals surface area contributed by atoms with Crippen LogP contribution in [0.3, 0.4) is 0 Å². The fourth-order valence-corrected chi connectivity index (χ4v) is 2.29. The minimum atomic E-state index is 0. The molecule has 105 valence electrons. The van der Waals surface area contributed by atoms with Gasteiger partial charge in [-0.3, -0.25) is 0 Å². The second kappa shape index (κ2) is 11.8. The average molecular weight is 514 g/mol. The van der Waals surface area contributed by atoms with E-state index in [0.717, 1.165) is 5.56 Å². The van der Waals surface area contributed by atoms with Gasteiger partial charge in [-0.05, 0) is 62.4 Å². The zero-order chi connectivity index (χ0) is 14.0. The van der Waals surface area contributed by atoms with Crippen molar-refractivity contribution in [3.63, 3.8) is 0 Å². The van der Waals surface area contributed by atoms with Crippen LogP contribution in [-0.4, -0.2) is 0 Å². The van der Waals surface area contributed by atoms with Crippen molar-refractivity contribution in [2.45, 2.75) is 34.6 Å². The van der Waals surface area contributed by atoms with Gasteiger partial charge in [0, 0.05) is 104 Å². The van der Waals surface area contributed by atoms with Crippen molar-refractivity contribution in [1.82, 2.24) is 0 Å². The summed E-state index contributed by atoms with van der Waals surface area (Å²) in [6.45, 7) is 10.9. The van der Waals surface area contributed by atoms with Gasteiger partial charge in [0.2, 0.25) is 0 Å². The van der Waals surface area contributed by atoms with Crippen LogP contribution in [0.4, 0.5) is 0 Å². The van der Waals surface area contributed by atoms with E-state index in [9.17, 15) is 0 Å². The second-order valence-corrected chi connectivity index (χ2v) is 5.04. The van der Waals surface area contributed by atoms with Gasteiger partial charge in [0.25, 0.3) is 0 Å². The predicted molar refractivity (Wildman–Crippen MR) is 81.4 cm³/mol. The Morgan fingerprint density at radius 1 is 0.636 bits per heavy atom. The smallest absolute Gasteiger partial charge is 0.0312 e.